The highest BCUT2D eigenvalue weighted by Gasteiger charge is 2.29. The Kier molecular flexibility index (Phi) is 4.27. The molecule has 6 nitrogen and oxygen atoms in total. The number of rotatable bonds is 3. The number of benzene rings is 1. The maximum atomic E-state index is 13.8. The van der Waals surface area contributed by atoms with Crippen LogP contribution in [0.3, 0.4) is 0 Å². The normalized spacial score (nSPS) is 20.3. The molecule has 26 heavy (non-hydrogen) atoms. The second-order valence-electron chi connectivity index (χ2n) is 6.52. The van der Waals surface area contributed by atoms with E-state index in [1.54, 1.807) is 12.3 Å². The van der Waals surface area contributed by atoms with Gasteiger partial charge in [-0.25, -0.2) is 14.2 Å². The number of pyridine rings is 1. The number of nitrogens with zero attached hydrogens (tertiary/aromatic N) is 5. The first-order valence-corrected chi connectivity index (χ1v) is 8.58. The lowest BCUT2D eigenvalue weighted by Gasteiger charge is -2.34. The summed E-state index contributed by atoms with van der Waals surface area (Å²) in [4.78, 5) is 14.6. The Bertz CT molecular complexity index is 958. The van der Waals surface area contributed by atoms with Gasteiger partial charge in [0.2, 0.25) is 11.6 Å². The molecule has 0 aliphatic carbocycles. The van der Waals surface area contributed by atoms with Gasteiger partial charge in [0.15, 0.2) is 0 Å². The summed E-state index contributed by atoms with van der Waals surface area (Å²) >= 11 is 0. The molecular weight excluding hydrogens is 331 g/mol. The van der Waals surface area contributed by atoms with E-state index in [1.165, 1.54) is 0 Å². The molecule has 4 rings (SSSR count). The molecule has 3 heterocycles. The number of halogens is 1. The number of fused-ring (bicyclic) bond motifs is 1. The SMILES string of the molecule is [C-]#[N+]c1ccc(Cn2c(N3CC[C@@H](F)[C@H](N)C3)nc3ccccc32)nc1. The Morgan fingerprint density at radius 2 is 2.12 bits per heavy atom. The van der Waals surface area contributed by atoms with Gasteiger partial charge in [-0.2, -0.15) is 0 Å². The van der Waals surface area contributed by atoms with Crippen LogP contribution in [0.5, 0.6) is 0 Å². The second kappa shape index (κ2) is 6.73. The fraction of sp³-hybridized carbons (Fsp3) is 0.316. The van der Waals surface area contributed by atoms with Crippen molar-refractivity contribution in [1.29, 1.82) is 0 Å². The minimum absolute atomic E-state index is 0.405. The summed E-state index contributed by atoms with van der Waals surface area (Å²) in [5.41, 5.74) is 9.17. The van der Waals surface area contributed by atoms with E-state index in [0.29, 0.717) is 31.7 Å². The van der Waals surface area contributed by atoms with Crippen molar-refractivity contribution in [2.75, 3.05) is 18.0 Å². The molecule has 2 atom stereocenters. The molecule has 2 N–H and O–H groups in total. The minimum atomic E-state index is -0.966. The number of hydrogen-bond acceptors (Lipinski definition) is 4. The third-order valence-electron chi connectivity index (χ3n) is 4.75. The molecule has 7 heteroatoms. The van der Waals surface area contributed by atoms with Gasteiger partial charge in [0.25, 0.3) is 0 Å². The van der Waals surface area contributed by atoms with E-state index in [1.807, 2.05) is 35.2 Å². The van der Waals surface area contributed by atoms with Gasteiger partial charge in [0, 0.05) is 19.3 Å². The van der Waals surface area contributed by atoms with Crippen molar-refractivity contribution in [3.63, 3.8) is 0 Å². The van der Waals surface area contributed by atoms with Gasteiger partial charge in [-0.05, 0) is 24.6 Å². The summed E-state index contributed by atoms with van der Waals surface area (Å²) in [6.45, 7) is 8.59. The monoisotopic (exact) mass is 350 g/mol. The van der Waals surface area contributed by atoms with Gasteiger partial charge in [0.05, 0.1) is 35.9 Å². The van der Waals surface area contributed by atoms with E-state index in [0.717, 1.165) is 22.7 Å². The predicted molar refractivity (Wildman–Crippen MR) is 99.0 cm³/mol. The first-order valence-electron chi connectivity index (χ1n) is 8.58. The van der Waals surface area contributed by atoms with Crippen molar-refractivity contribution >= 4 is 22.7 Å². The first-order chi connectivity index (χ1) is 12.7. The van der Waals surface area contributed by atoms with Crippen LogP contribution in [0.15, 0.2) is 42.6 Å². The largest absolute Gasteiger partial charge is 0.340 e. The average Bonchev–Trinajstić information content (AvgIpc) is 3.03. The Labute approximate surface area is 150 Å². The Morgan fingerprint density at radius 1 is 1.27 bits per heavy atom. The van der Waals surface area contributed by atoms with E-state index in [9.17, 15) is 4.39 Å². The fourth-order valence-corrected chi connectivity index (χ4v) is 3.33. The Hall–Kier alpha value is -2.98. The standard InChI is InChI=1S/C19H19FN6/c1-22-13-6-7-14(23-10-13)11-26-18-5-3-2-4-17(18)24-19(26)25-9-8-15(20)16(21)12-25/h2-7,10,15-16H,8-9,11-12,21H2/t15-,16-/m1/s1. The number of alkyl halides is 1. The highest BCUT2D eigenvalue weighted by Crippen LogP contribution is 2.26. The smallest absolute Gasteiger partial charge is 0.206 e. The molecule has 3 aromatic rings. The van der Waals surface area contributed by atoms with Gasteiger partial charge < -0.3 is 15.2 Å². The van der Waals surface area contributed by atoms with Crippen molar-refractivity contribution < 1.29 is 4.39 Å². The third-order valence-corrected chi connectivity index (χ3v) is 4.75. The molecule has 132 valence electrons. The lowest BCUT2D eigenvalue weighted by molar-refractivity contribution is 0.243. The summed E-state index contributed by atoms with van der Waals surface area (Å²) in [6.07, 6.45) is 1.01. The third kappa shape index (κ3) is 3.00. The summed E-state index contributed by atoms with van der Waals surface area (Å²) < 4.78 is 15.9. The van der Waals surface area contributed by atoms with Crippen LogP contribution in [0.1, 0.15) is 12.1 Å². The van der Waals surface area contributed by atoms with Crippen LogP contribution in [-0.2, 0) is 6.54 Å². The molecular formula is C19H19FN6. The fourth-order valence-electron chi connectivity index (χ4n) is 3.33. The van der Waals surface area contributed by atoms with Crippen molar-refractivity contribution in [1.82, 2.24) is 14.5 Å². The molecule has 1 aliphatic heterocycles. The molecule has 1 aliphatic rings. The second-order valence-corrected chi connectivity index (χ2v) is 6.52. The van der Waals surface area contributed by atoms with Crippen LogP contribution >= 0.6 is 0 Å². The summed E-state index contributed by atoms with van der Waals surface area (Å²) in [6, 6.07) is 11.0. The number of imidazole rings is 1. The van der Waals surface area contributed by atoms with Crippen molar-refractivity contribution in [3.05, 3.63) is 59.7 Å². The Balaban J connectivity index is 1.73. The molecule has 0 radical (unpaired) electrons. The van der Waals surface area contributed by atoms with Crippen molar-refractivity contribution in [2.24, 2.45) is 5.73 Å². The maximum Gasteiger partial charge on any atom is 0.206 e. The van der Waals surface area contributed by atoms with Gasteiger partial charge in [-0.15, -0.1) is 0 Å². The molecule has 0 bridgehead atoms. The zero-order valence-electron chi connectivity index (χ0n) is 14.2. The number of para-hydroxylation sites is 2. The van der Waals surface area contributed by atoms with Crippen LogP contribution in [0.4, 0.5) is 16.0 Å². The van der Waals surface area contributed by atoms with Gasteiger partial charge in [0.1, 0.15) is 6.17 Å². The number of anilines is 1. The molecule has 1 fully saturated rings. The van der Waals surface area contributed by atoms with Crippen LogP contribution in [-0.4, -0.2) is 39.8 Å². The summed E-state index contributed by atoms with van der Waals surface area (Å²) in [5, 5.41) is 0. The van der Waals surface area contributed by atoms with E-state index in [4.69, 9.17) is 17.3 Å². The van der Waals surface area contributed by atoms with Crippen LogP contribution in [0.25, 0.3) is 15.9 Å². The van der Waals surface area contributed by atoms with Gasteiger partial charge in [-0.3, -0.25) is 4.98 Å². The summed E-state index contributed by atoms with van der Waals surface area (Å²) in [5.74, 6) is 0.782. The van der Waals surface area contributed by atoms with E-state index < -0.39 is 12.2 Å². The minimum Gasteiger partial charge on any atom is -0.340 e. The van der Waals surface area contributed by atoms with Crippen molar-refractivity contribution in [3.8, 4) is 0 Å². The van der Waals surface area contributed by atoms with Crippen molar-refractivity contribution in [2.45, 2.75) is 25.2 Å². The van der Waals surface area contributed by atoms with E-state index >= 15 is 0 Å². The highest BCUT2D eigenvalue weighted by molar-refractivity contribution is 5.79. The Morgan fingerprint density at radius 3 is 2.85 bits per heavy atom. The molecule has 0 amide bonds. The highest BCUT2D eigenvalue weighted by atomic mass is 19.1. The maximum absolute atomic E-state index is 13.8. The van der Waals surface area contributed by atoms with E-state index in [-0.39, 0.29) is 0 Å². The first kappa shape index (κ1) is 16.5. The zero-order valence-corrected chi connectivity index (χ0v) is 14.2. The van der Waals surface area contributed by atoms with Gasteiger partial charge >= 0.3 is 0 Å². The number of nitrogens with two attached hydrogens (primary N) is 1. The lowest BCUT2D eigenvalue weighted by atomic mass is 10.1. The lowest BCUT2D eigenvalue weighted by Crippen LogP contribution is -2.50. The molecule has 1 aromatic carbocycles. The molecule has 0 saturated carbocycles. The van der Waals surface area contributed by atoms with Crippen LogP contribution in [0, 0.1) is 6.57 Å². The molecule has 0 unspecified atom stereocenters. The van der Waals surface area contributed by atoms with Crippen LogP contribution < -0.4 is 10.6 Å². The average molecular weight is 350 g/mol. The number of hydrogen-bond donors (Lipinski definition) is 1. The number of piperidine rings is 1. The topological polar surface area (TPSA) is 64.3 Å². The molecule has 1 saturated heterocycles. The molecule has 2 aromatic heterocycles. The van der Waals surface area contributed by atoms with Gasteiger partial charge in [-0.1, -0.05) is 18.2 Å². The number of aromatic nitrogens is 3. The quantitative estimate of drug-likeness (QED) is 0.738. The van der Waals surface area contributed by atoms with E-state index in [2.05, 4.69) is 14.4 Å². The summed E-state index contributed by atoms with van der Waals surface area (Å²) in [7, 11) is 0. The molecule has 0 spiro atoms. The van der Waals surface area contributed by atoms with Crippen LogP contribution in [0.2, 0.25) is 0 Å². The zero-order chi connectivity index (χ0) is 18.1. The predicted octanol–water partition coefficient (Wildman–Crippen LogP) is 2.91.